The molecule has 0 aromatic heterocycles. The van der Waals surface area contributed by atoms with Crippen LogP contribution in [-0.4, -0.2) is 5.78 Å². The Morgan fingerprint density at radius 2 is 1.47 bits per heavy atom. The third-order valence-electron chi connectivity index (χ3n) is 3.58. The highest BCUT2D eigenvalue weighted by Crippen LogP contribution is 2.10. The number of hydrogen-bond acceptors (Lipinski definition) is 1. The Morgan fingerprint density at radius 3 is 2.11 bits per heavy atom. The molecule has 0 aliphatic heterocycles. The van der Waals surface area contributed by atoms with Crippen molar-refractivity contribution in [1.29, 1.82) is 0 Å². The molecule has 0 N–H and O–H groups in total. The van der Waals surface area contributed by atoms with Crippen LogP contribution < -0.4 is 0 Å². The number of benzene rings is 1. The molecule has 1 aromatic rings. The summed E-state index contributed by atoms with van der Waals surface area (Å²) in [4.78, 5) is 11.8. The average Bonchev–Trinajstić information content (AvgIpc) is 2.40. The summed E-state index contributed by atoms with van der Waals surface area (Å²) in [5.74, 6) is 0.386. The van der Waals surface area contributed by atoms with E-state index in [4.69, 9.17) is 0 Å². The first-order valence-corrected chi connectivity index (χ1v) is 7.79. The summed E-state index contributed by atoms with van der Waals surface area (Å²) in [5, 5.41) is 0. The number of hydrogen-bond donors (Lipinski definition) is 0. The molecule has 0 aliphatic carbocycles. The quantitative estimate of drug-likeness (QED) is 0.525. The van der Waals surface area contributed by atoms with Gasteiger partial charge >= 0.3 is 0 Å². The molecule has 0 aliphatic rings. The smallest absolute Gasteiger partial charge is 0.137 e. The minimum absolute atomic E-state index is 0.386. The van der Waals surface area contributed by atoms with Gasteiger partial charge in [-0.1, -0.05) is 75.3 Å². The highest BCUT2D eigenvalue weighted by Gasteiger charge is 2.03. The second kappa shape index (κ2) is 9.77. The minimum Gasteiger partial charge on any atom is -0.299 e. The van der Waals surface area contributed by atoms with Crippen molar-refractivity contribution in [1.82, 2.24) is 0 Å². The fraction of sp³-hybridized carbons (Fsp3) is 0.611. The van der Waals surface area contributed by atoms with Crippen LogP contribution in [0.3, 0.4) is 0 Å². The van der Waals surface area contributed by atoms with Crippen molar-refractivity contribution in [3.63, 3.8) is 0 Å². The maximum atomic E-state index is 11.8. The van der Waals surface area contributed by atoms with Crippen LogP contribution in [0.4, 0.5) is 0 Å². The first-order valence-electron chi connectivity index (χ1n) is 7.79. The summed E-state index contributed by atoms with van der Waals surface area (Å²) in [6, 6.07) is 8.29. The van der Waals surface area contributed by atoms with Gasteiger partial charge in [0.25, 0.3) is 0 Å². The van der Waals surface area contributed by atoms with Gasteiger partial charge in [-0.3, -0.25) is 4.79 Å². The molecular weight excluding hydrogens is 232 g/mol. The fourth-order valence-corrected chi connectivity index (χ4v) is 2.30. The maximum absolute atomic E-state index is 11.8. The Bertz CT molecular complexity index is 350. The summed E-state index contributed by atoms with van der Waals surface area (Å²) in [7, 11) is 0. The molecule has 1 aromatic carbocycles. The van der Waals surface area contributed by atoms with Gasteiger partial charge in [0.1, 0.15) is 5.78 Å². The molecular formula is C18H28O. The predicted octanol–water partition coefficient (Wildman–Crippen LogP) is 5.25. The zero-order chi connectivity index (χ0) is 13.9. The van der Waals surface area contributed by atoms with Crippen molar-refractivity contribution in [2.75, 3.05) is 0 Å². The van der Waals surface area contributed by atoms with Crippen LogP contribution in [0.25, 0.3) is 0 Å². The lowest BCUT2D eigenvalue weighted by atomic mass is 10.0. The zero-order valence-electron chi connectivity index (χ0n) is 12.6. The van der Waals surface area contributed by atoms with E-state index >= 15 is 0 Å². The van der Waals surface area contributed by atoms with Gasteiger partial charge in [0.2, 0.25) is 0 Å². The Balaban J connectivity index is 2.06. The first kappa shape index (κ1) is 15.9. The largest absolute Gasteiger partial charge is 0.299 e. The van der Waals surface area contributed by atoms with Crippen LogP contribution in [-0.2, 0) is 11.2 Å². The lowest BCUT2D eigenvalue weighted by molar-refractivity contribution is -0.118. The highest BCUT2D eigenvalue weighted by molar-refractivity contribution is 5.80. The monoisotopic (exact) mass is 260 g/mol. The van der Waals surface area contributed by atoms with E-state index < -0.39 is 0 Å². The van der Waals surface area contributed by atoms with Crippen molar-refractivity contribution < 1.29 is 4.79 Å². The SMILES string of the molecule is CCCCCCCCCC(=O)Cc1ccc(C)cc1. The van der Waals surface area contributed by atoms with Crippen molar-refractivity contribution in [2.45, 2.75) is 71.6 Å². The van der Waals surface area contributed by atoms with E-state index in [-0.39, 0.29) is 0 Å². The number of Topliss-reactive ketones (excluding diaryl/α,β-unsaturated/α-hetero) is 1. The molecule has 0 saturated heterocycles. The summed E-state index contributed by atoms with van der Waals surface area (Å²) in [6.07, 6.45) is 10.3. The summed E-state index contributed by atoms with van der Waals surface area (Å²) in [6.45, 7) is 4.31. The molecule has 0 unspecified atom stereocenters. The molecule has 1 rings (SSSR count). The van der Waals surface area contributed by atoms with Crippen molar-refractivity contribution in [3.8, 4) is 0 Å². The highest BCUT2D eigenvalue weighted by atomic mass is 16.1. The normalized spacial score (nSPS) is 10.6. The van der Waals surface area contributed by atoms with Crippen molar-refractivity contribution in [2.24, 2.45) is 0 Å². The number of ketones is 1. The molecule has 0 spiro atoms. The first-order chi connectivity index (χ1) is 9.22. The van der Waals surface area contributed by atoms with Gasteiger partial charge in [0.15, 0.2) is 0 Å². The summed E-state index contributed by atoms with van der Waals surface area (Å²) in [5.41, 5.74) is 2.40. The van der Waals surface area contributed by atoms with Gasteiger partial charge < -0.3 is 0 Å². The molecule has 0 fully saturated rings. The number of carbonyl (C=O) groups excluding carboxylic acids is 1. The molecule has 0 radical (unpaired) electrons. The maximum Gasteiger partial charge on any atom is 0.137 e. The van der Waals surface area contributed by atoms with Gasteiger partial charge in [-0.15, -0.1) is 0 Å². The molecule has 0 heterocycles. The Hall–Kier alpha value is -1.11. The van der Waals surface area contributed by atoms with E-state index in [1.165, 1.54) is 44.1 Å². The predicted molar refractivity (Wildman–Crippen MR) is 82.5 cm³/mol. The third-order valence-corrected chi connectivity index (χ3v) is 3.58. The molecule has 1 heteroatoms. The van der Waals surface area contributed by atoms with Crippen LogP contribution in [0.5, 0.6) is 0 Å². The van der Waals surface area contributed by atoms with Crippen molar-refractivity contribution >= 4 is 5.78 Å². The standard InChI is InChI=1S/C18H28O/c1-3-4-5-6-7-8-9-10-18(19)15-17-13-11-16(2)12-14-17/h11-14H,3-10,15H2,1-2H3. The minimum atomic E-state index is 0.386. The van der Waals surface area contributed by atoms with Gasteiger partial charge in [0, 0.05) is 12.8 Å². The zero-order valence-corrected chi connectivity index (χ0v) is 12.6. The van der Waals surface area contributed by atoms with Gasteiger partial charge in [-0.25, -0.2) is 0 Å². The van der Waals surface area contributed by atoms with E-state index in [1.807, 2.05) is 0 Å². The number of rotatable bonds is 10. The molecule has 0 atom stereocenters. The number of aryl methyl sites for hydroxylation is 1. The molecule has 0 saturated carbocycles. The third kappa shape index (κ3) is 7.81. The summed E-state index contributed by atoms with van der Waals surface area (Å²) >= 11 is 0. The van der Waals surface area contributed by atoms with Crippen LogP contribution in [0, 0.1) is 6.92 Å². The van der Waals surface area contributed by atoms with Crippen LogP contribution in [0.15, 0.2) is 24.3 Å². The van der Waals surface area contributed by atoms with Crippen LogP contribution in [0.1, 0.15) is 69.4 Å². The fourth-order valence-electron chi connectivity index (χ4n) is 2.30. The van der Waals surface area contributed by atoms with E-state index in [0.29, 0.717) is 12.2 Å². The molecule has 0 amide bonds. The topological polar surface area (TPSA) is 17.1 Å². The number of carbonyl (C=O) groups is 1. The van der Waals surface area contributed by atoms with Gasteiger partial charge in [-0.05, 0) is 18.9 Å². The summed E-state index contributed by atoms with van der Waals surface area (Å²) < 4.78 is 0. The lowest BCUT2D eigenvalue weighted by Crippen LogP contribution is -2.02. The molecule has 1 nitrogen and oxygen atoms in total. The van der Waals surface area contributed by atoms with Gasteiger partial charge in [0.05, 0.1) is 0 Å². The van der Waals surface area contributed by atoms with Crippen LogP contribution in [0.2, 0.25) is 0 Å². The van der Waals surface area contributed by atoms with Gasteiger partial charge in [-0.2, -0.15) is 0 Å². The van der Waals surface area contributed by atoms with E-state index in [9.17, 15) is 4.79 Å². The second-order valence-corrected chi connectivity index (χ2v) is 5.57. The second-order valence-electron chi connectivity index (χ2n) is 5.57. The van der Waals surface area contributed by atoms with Crippen molar-refractivity contribution in [3.05, 3.63) is 35.4 Å². The van der Waals surface area contributed by atoms with Crippen LogP contribution >= 0.6 is 0 Å². The van der Waals surface area contributed by atoms with E-state index in [1.54, 1.807) is 0 Å². The Labute approximate surface area is 118 Å². The van der Waals surface area contributed by atoms with E-state index in [2.05, 4.69) is 38.1 Å². The van der Waals surface area contributed by atoms with E-state index in [0.717, 1.165) is 18.4 Å². The molecule has 106 valence electrons. The Morgan fingerprint density at radius 1 is 0.895 bits per heavy atom. The number of unbranched alkanes of at least 4 members (excludes halogenated alkanes) is 6. The molecule has 19 heavy (non-hydrogen) atoms. The molecule has 0 bridgehead atoms. The Kier molecular flexibility index (Phi) is 8.20. The average molecular weight is 260 g/mol. The lowest BCUT2D eigenvalue weighted by Gasteiger charge is -2.03.